The van der Waals surface area contributed by atoms with E-state index >= 15 is 0 Å². The third kappa shape index (κ3) is 8.10. The van der Waals surface area contributed by atoms with Crippen LogP contribution >= 0.6 is 0 Å². The summed E-state index contributed by atoms with van der Waals surface area (Å²) in [6.45, 7) is 6.35. The Kier molecular flexibility index (Phi) is 5.84. The van der Waals surface area contributed by atoms with Crippen molar-refractivity contribution in [2.45, 2.75) is 45.8 Å². The highest BCUT2D eigenvalue weighted by atomic mass is 19.4. The molecule has 0 aliphatic heterocycles. The van der Waals surface area contributed by atoms with Crippen molar-refractivity contribution in [2.24, 2.45) is 0 Å². The molecular formula is C10H18F3N. The zero-order valence-corrected chi connectivity index (χ0v) is 8.91. The number of halogens is 3. The topological polar surface area (TPSA) is 12.0 Å². The summed E-state index contributed by atoms with van der Waals surface area (Å²) >= 11 is 0. The molecule has 0 aromatic rings. The molecule has 0 saturated heterocycles. The lowest BCUT2D eigenvalue weighted by molar-refractivity contribution is -0.136. The average molecular weight is 209 g/mol. The van der Waals surface area contributed by atoms with Crippen LogP contribution in [0.3, 0.4) is 0 Å². The Hall–Kier alpha value is -0.510. The Morgan fingerprint density at radius 1 is 1.36 bits per heavy atom. The van der Waals surface area contributed by atoms with E-state index in [2.05, 4.69) is 5.32 Å². The standard InChI is InChI=1S/C10H18F3N/c1-4-14-9(7-8(2)3)5-6-10(11,12)13/h7,9,14H,4-6H2,1-3H3. The summed E-state index contributed by atoms with van der Waals surface area (Å²) in [6, 6.07) is -0.161. The monoisotopic (exact) mass is 209 g/mol. The van der Waals surface area contributed by atoms with E-state index in [-0.39, 0.29) is 12.5 Å². The minimum atomic E-state index is -4.05. The molecule has 1 N–H and O–H groups in total. The van der Waals surface area contributed by atoms with Crippen LogP contribution in [0, 0.1) is 0 Å². The number of hydrogen-bond acceptors (Lipinski definition) is 1. The molecular weight excluding hydrogens is 191 g/mol. The Bertz CT molecular complexity index is 180. The van der Waals surface area contributed by atoms with Crippen LogP contribution in [0.25, 0.3) is 0 Å². The summed E-state index contributed by atoms with van der Waals surface area (Å²) in [5, 5.41) is 3.01. The van der Waals surface area contributed by atoms with E-state index in [1.54, 1.807) is 0 Å². The molecule has 0 amide bonds. The molecule has 1 atom stereocenters. The van der Waals surface area contributed by atoms with E-state index in [1.807, 2.05) is 26.8 Å². The summed E-state index contributed by atoms with van der Waals surface area (Å²) in [5.41, 5.74) is 1.04. The van der Waals surface area contributed by atoms with E-state index < -0.39 is 12.6 Å². The maximum Gasteiger partial charge on any atom is 0.389 e. The SMILES string of the molecule is CCNC(C=C(C)C)CCC(F)(F)F. The van der Waals surface area contributed by atoms with Crippen LogP contribution in [-0.4, -0.2) is 18.8 Å². The predicted molar refractivity (Wildman–Crippen MR) is 52.2 cm³/mol. The molecule has 0 rings (SSSR count). The summed E-state index contributed by atoms with van der Waals surface area (Å²) in [4.78, 5) is 0. The van der Waals surface area contributed by atoms with Crippen LogP contribution in [-0.2, 0) is 0 Å². The van der Waals surface area contributed by atoms with Gasteiger partial charge in [0.1, 0.15) is 0 Å². The van der Waals surface area contributed by atoms with Crippen LogP contribution < -0.4 is 5.32 Å². The highest BCUT2D eigenvalue weighted by molar-refractivity contribution is 5.00. The van der Waals surface area contributed by atoms with Gasteiger partial charge in [-0.1, -0.05) is 18.6 Å². The van der Waals surface area contributed by atoms with Crippen molar-refractivity contribution in [1.29, 1.82) is 0 Å². The van der Waals surface area contributed by atoms with E-state index in [0.717, 1.165) is 5.57 Å². The molecule has 0 radical (unpaired) electrons. The Labute approximate surface area is 83.4 Å². The van der Waals surface area contributed by atoms with Gasteiger partial charge in [0.2, 0.25) is 0 Å². The van der Waals surface area contributed by atoms with Crippen LogP contribution in [0.15, 0.2) is 11.6 Å². The fourth-order valence-corrected chi connectivity index (χ4v) is 1.23. The lowest BCUT2D eigenvalue weighted by atomic mass is 10.1. The first-order chi connectivity index (χ1) is 6.35. The first kappa shape index (κ1) is 13.5. The van der Waals surface area contributed by atoms with Gasteiger partial charge in [0.25, 0.3) is 0 Å². The number of allylic oxidation sites excluding steroid dienone is 1. The van der Waals surface area contributed by atoms with E-state index in [0.29, 0.717) is 6.54 Å². The Morgan fingerprint density at radius 2 is 1.93 bits per heavy atom. The highest BCUT2D eigenvalue weighted by Crippen LogP contribution is 2.22. The Balaban J connectivity index is 4.04. The van der Waals surface area contributed by atoms with Crippen molar-refractivity contribution in [3.05, 3.63) is 11.6 Å². The molecule has 0 aromatic heterocycles. The third-order valence-corrected chi connectivity index (χ3v) is 1.74. The van der Waals surface area contributed by atoms with Crippen molar-refractivity contribution < 1.29 is 13.2 Å². The lowest BCUT2D eigenvalue weighted by Gasteiger charge is -2.15. The highest BCUT2D eigenvalue weighted by Gasteiger charge is 2.27. The van der Waals surface area contributed by atoms with Gasteiger partial charge in [-0.2, -0.15) is 13.2 Å². The molecule has 0 aliphatic carbocycles. The number of rotatable bonds is 5. The molecule has 14 heavy (non-hydrogen) atoms. The van der Waals surface area contributed by atoms with Crippen LogP contribution in [0.4, 0.5) is 13.2 Å². The van der Waals surface area contributed by atoms with Gasteiger partial charge in [0, 0.05) is 12.5 Å². The summed E-state index contributed by atoms with van der Waals surface area (Å²) in [7, 11) is 0. The quantitative estimate of drug-likeness (QED) is 0.685. The molecule has 84 valence electrons. The number of hydrogen-bond donors (Lipinski definition) is 1. The van der Waals surface area contributed by atoms with Crippen molar-refractivity contribution in [3.8, 4) is 0 Å². The second-order valence-electron chi connectivity index (χ2n) is 3.56. The minimum absolute atomic E-state index is 0.114. The molecule has 0 bridgehead atoms. The maximum atomic E-state index is 11.9. The van der Waals surface area contributed by atoms with Gasteiger partial charge in [0.05, 0.1) is 0 Å². The number of nitrogens with one attached hydrogen (secondary N) is 1. The van der Waals surface area contributed by atoms with Crippen LogP contribution in [0.1, 0.15) is 33.6 Å². The first-order valence-electron chi connectivity index (χ1n) is 4.80. The molecule has 4 heteroatoms. The molecule has 0 heterocycles. The molecule has 0 aromatic carbocycles. The fraction of sp³-hybridized carbons (Fsp3) is 0.800. The molecule has 0 saturated carbocycles. The van der Waals surface area contributed by atoms with Crippen molar-refractivity contribution in [3.63, 3.8) is 0 Å². The molecule has 0 aliphatic rings. The summed E-state index contributed by atoms with van der Waals surface area (Å²) in [6.07, 6.45) is -2.82. The van der Waals surface area contributed by atoms with Crippen LogP contribution in [0.5, 0.6) is 0 Å². The largest absolute Gasteiger partial charge is 0.389 e. The van der Waals surface area contributed by atoms with Gasteiger partial charge in [0.15, 0.2) is 0 Å². The van der Waals surface area contributed by atoms with E-state index in [1.165, 1.54) is 0 Å². The van der Waals surface area contributed by atoms with Gasteiger partial charge in [-0.15, -0.1) is 0 Å². The van der Waals surface area contributed by atoms with Crippen molar-refractivity contribution >= 4 is 0 Å². The summed E-state index contributed by atoms with van der Waals surface area (Å²) < 4.78 is 35.8. The van der Waals surface area contributed by atoms with Gasteiger partial charge < -0.3 is 5.32 Å². The Morgan fingerprint density at radius 3 is 2.29 bits per heavy atom. The molecule has 1 unspecified atom stereocenters. The first-order valence-corrected chi connectivity index (χ1v) is 4.80. The predicted octanol–water partition coefficient (Wildman–Crippen LogP) is 3.27. The molecule has 1 nitrogen and oxygen atoms in total. The normalized spacial score (nSPS) is 13.9. The molecule has 0 spiro atoms. The van der Waals surface area contributed by atoms with E-state index in [9.17, 15) is 13.2 Å². The second kappa shape index (κ2) is 6.06. The van der Waals surface area contributed by atoms with Gasteiger partial charge >= 0.3 is 6.18 Å². The van der Waals surface area contributed by atoms with Gasteiger partial charge in [-0.25, -0.2) is 0 Å². The van der Waals surface area contributed by atoms with Gasteiger partial charge in [-0.05, 0) is 26.8 Å². The van der Waals surface area contributed by atoms with Crippen molar-refractivity contribution in [1.82, 2.24) is 5.32 Å². The number of alkyl halides is 3. The second-order valence-corrected chi connectivity index (χ2v) is 3.56. The maximum absolute atomic E-state index is 11.9. The van der Waals surface area contributed by atoms with Gasteiger partial charge in [-0.3, -0.25) is 0 Å². The van der Waals surface area contributed by atoms with Crippen LogP contribution in [0.2, 0.25) is 0 Å². The zero-order chi connectivity index (χ0) is 11.2. The summed E-state index contributed by atoms with van der Waals surface area (Å²) in [5.74, 6) is 0. The fourth-order valence-electron chi connectivity index (χ4n) is 1.23. The number of likely N-dealkylation sites (N-methyl/N-ethyl adjacent to an activating group) is 1. The molecule has 0 fully saturated rings. The third-order valence-electron chi connectivity index (χ3n) is 1.74. The average Bonchev–Trinajstić information content (AvgIpc) is 1.98. The van der Waals surface area contributed by atoms with Crippen molar-refractivity contribution in [2.75, 3.05) is 6.54 Å². The zero-order valence-electron chi connectivity index (χ0n) is 8.91. The minimum Gasteiger partial charge on any atom is -0.311 e. The lowest BCUT2D eigenvalue weighted by Crippen LogP contribution is -2.28. The smallest absolute Gasteiger partial charge is 0.311 e. The van der Waals surface area contributed by atoms with E-state index in [4.69, 9.17) is 0 Å².